The Balaban J connectivity index is 1.94. The normalized spacial score (nSPS) is 26.0. The lowest BCUT2D eigenvalue weighted by molar-refractivity contribution is -0.147. The zero-order valence-electron chi connectivity index (χ0n) is 11.4. The van der Waals surface area contributed by atoms with Gasteiger partial charge in [-0.2, -0.15) is 0 Å². The highest BCUT2D eigenvalue weighted by molar-refractivity contribution is 6.05. The van der Waals surface area contributed by atoms with Crippen LogP contribution in [0.25, 0.3) is 0 Å². The Hall–Kier alpha value is -1.43. The number of likely N-dealkylation sites (tertiary alicyclic amines) is 2. The Labute approximate surface area is 112 Å². The predicted molar refractivity (Wildman–Crippen MR) is 67.1 cm³/mol. The molecule has 2 saturated heterocycles. The van der Waals surface area contributed by atoms with Gasteiger partial charge in [-0.1, -0.05) is 0 Å². The van der Waals surface area contributed by atoms with Crippen LogP contribution < -0.4 is 0 Å². The lowest BCUT2D eigenvalue weighted by Crippen LogP contribution is -2.46. The van der Waals surface area contributed by atoms with Gasteiger partial charge in [-0.3, -0.25) is 24.2 Å². The molecule has 19 heavy (non-hydrogen) atoms. The van der Waals surface area contributed by atoms with E-state index in [1.807, 2.05) is 11.8 Å². The molecule has 0 radical (unpaired) electrons. The van der Waals surface area contributed by atoms with E-state index < -0.39 is 0 Å². The first kappa shape index (κ1) is 14.0. The highest BCUT2D eigenvalue weighted by atomic mass is 16.5. The molecule has 6 heteroatoms. The van der Waals surface area contributed by atoms with Crippen molar-refractivity contribution in [1.82, 2.24) is 9.80 Å². The Morgan fingerprint density at radius 2 is 1.95 bits per heavy atom. The molecule has 2 rings (SSSR count). The van der Waals surface area contributed by atoms with Crippen LogP contribution in [0.3, 0.4) is 0 Å². The maximum absolute atomic E-state index is 12.1. The molecule has 106 valence electrons. The van der Waals surface area contributed by atoms with Crippen LogP contribution in [0.4, 0.5) is 0 Å². The van der Waals surface area contributed by atoms with Crippen LogP contribution in [0.1, 0.15) is 26.2 Å². The van der Waals surface area contributed by atoms with E-state index in [1.165, 1.54) is 12.0 Å². The molecule has 0 N–H and O–H groups in total. The van der Waals surface area contributed by atoms with Crippen molar-refractivity contribution < 1.29 is 19.1 Å². The van der Waals surface area contributed by atoms with Crippen molar-refractivity contribution in [2.24, 2.45) is 5.92 Å². The Kier molecular flexibility index (Phi) is 4.19. The van der Waals surface area contributed by atoms with Crippen LogP contribution in [0.2, 0.25) is 0 Å². The highest BCUT2D eigenvalue weighted by Crippen LogP contribution is 2.25. The van der Waals surface area contributed by atoms with E-state index >= 15 is 0 Å². The monoisotopic (exact) mass is 268 g/mol. The number of amides is 2. The second-order valence-electron chi connectivity index (χ2n) is 5.03. The maximum atomic E-state index is 12.1. The molecule has 2 aliphatic heterocycles. The number of rotatable bonds is 3. The lowest BCUT2D eigenvalue weighted by atomic mass is 9.95. The molecule has 2 heterocycles. The molecule has 0 aromatic heterocycles. The van der Waals surface area contributed by atoms with Crippen LogP contribution in [0.15, 0.2) is 0 Å². The van der Waals surface area contributed by atoms with E-state index in [0.717, 1.165) is 0 Å². The molecule has 0 spiro atoms. The minimum Gasteiger partial charge on any atom is -0.469 e. The molecule has 6 nitrogen and oxygen atoms in total. The standard InChI is InChI=1S/C13H20N2O4/c1-3-15-11(16)8-10(12(15)17)14-6-4-9(5-7-14)13(18)19-2/h9-10H,3-8H2,1-2H3/t10-/m0/s1. The van der Waals surface area contributed by atoms with Crippen molar-refractivity contribution in [3.8, 4) is 0 Å². The summed E-state index contributed by atoms with van der Waals surface area (Å²) in [4.78, 5) is 38.6. The van der Waals surface area contributed by atoms with Crippen LogP contribution >= 0.6 is 0 Å². The molecule has 2 aliphatic rings. The first-order valence-corrected chi connectivity index (χ1v) is 6.74. The Morgan fingerprint density at radius 3 is 2.42 bits per heavy atom. The van der Waals surface area contributed by atoms with Crippen LogP contribution in [-0.2, 0) is 19.1 Å². The Morgan fingerprint density at radius 1 is 1.32 bits per heavy atom. The number of likely N-dealkylation sites (N-methyl/N-ethyl adjacent to an activating group) is 1. The van der Waals surface area contributed by atoms with E-state index in [4.69, 9.17) is 4.74 Å². The van der Waals surface area contributed by atoms with Crippen molar-refractivity contribution in [2.75, 3.05) is 26.7 Å². The Bertz CT molecular complexity index is 388. The molecule has 2 fully saturated rings. The molecule has 1 atom stereocenters. The fraction of sp³-hybridized carbons (Fsp3) is 0.769. The van der Waals surface area contributed by atoms with Crippen molar-refractivity contribution in [3.05, 3.63) is 0 Å². The van der Waals surface area contributed by atoms with Crippen molar-refractivity contribution >= 4 is 17.8 Å². The number of carbonyl (C=O) groups is 3. The van der Waals surface area contributed by atoms with E-state index in [0.29, 0.717) is 32.5 Å². The topological polar surface area (TPSA) is 66.9 Å². The number of piperidine rings is 1. The van der Waals surface area contributed by atoms with Crippen LogP contribution in [-0.4, -0.2) is 60.4 Å². The fourth-order valence-corrected chi connectivity index (χ4v) is 2.90. The van der Waals surface area contributed by atoms with Gasteiger partial charge in [-0.25, -0.2) is 0 Å². The number of imide groups is 1. The van der Waals surface area contributed by atoms with Gasteiger partial charge in [0.05, 0.1) is 25.5 Å². The average Bonchev–Trinajstić information content (AvgIpc) is 2.72. The number of hydrogen-bond acceptors (Lipinski definition) is 5. The number of esters is 1. The second-order valence-corrected chi connectivity index (χ2v) is 5.03. The first-order valence-electron chi connectivity index (χ1n) is 6.74. The summed E-state index contributed by atoms with van der Waals surface area (Å²) in [5.74, 6) is -0.434. The quantitative estimate of drug-likeness (QED) is 0.533. The summed E-state index contributed by atoms with van der Waals surface area (Å²) in [7, 11) is 1.40. The van der Waals surface area contributed by atoms with Gasteiger partial charge in [0.1, 0.15) is 0 Å². The number of nitrogens with zero attached hydrogens (tertiary/aromatic N) is 2. The number of ether oxygens (including phenoxy) is 1. The van der Waals surface area contributed by atoms with Crippen LogP contribution in [0, 0.1) is 5.92 Å². The third-order valence-electron chi connectivity index (χ3n) is 4.04. The number of carbonyl (C=O) groups excluding carboxylic acids is 3. The van der Waals surface area contributed by atoms with Crippen molar-refractivity contribution in [3.63, 3.8) is 0 Å². The third kappa shape index (κ3) is 2.63. The van der Waals surface area contributed by atoms with Crippen LogP contribution in [0.5, 0.6) is 0 Å². The van der Waals surface area contributed by atoms with Crippen molar-refractivity contribution in [1.29, 1.82) is 0 Å². The average molecular weight is 268 g/mol. The predicted octanol–water partition coefficient (Wildman–Crippen LogP) is 0.0188. The minimum atomic E-state index is -0.328. The first-order chi connectivity index (χ1) is 9.08. The highest BCUT2D eigenvalue weighted by Gasteiger charge is 2.42. The maximum Gasteiger partial charge on any atom is 0.308 e. The van der Waals surface area contributed by atoms with E-state index in [-0.39, 0.29) is 36.2 Å². The summed E-state index contributed by atoms with van der Waals surface area (Å²) in [6.07, 6.45) is 1.66. The summed E-state index contributed by atoms with van der Waals surface area (Å²) >= 11 is 0. The molecule has 0 aromatic rings. The van der Waals surface area contributed by atoms with Gasteiger partial charge in [0, 0.05) is 6.54 Å². The number of methoxy groups -OCH3 is 1. The summed E-state index contributed by atoms with van der Waals surface area (Å²) in [6, 6.07) is -0.328. The van der Waals surface area contributed by atoms with Gasteiger partial charge in [0.15, 0.2) is 0 Å². The zero-order chi connectivity index (χ0) is 14.0. The summed E-state index contributed by atoms with van der Waals surface area (Å²) in [5, 5.41) is 0. The fourth-order valence-electron chi connectivity index (χ4n) is 2.90. The zero-order valence-corrected chi connectivity index (χ0v) is 11.4. The van der Waals surface area contributed by atoms with E-state index in [1.54, 1.807) is 0 Å². The summed E-state index contributed by atoms with van der Waals surface area (Å²) in [6.45, 7) is 3.58. The second kappa shape index (κ2) is 5.69. The summed E-state index contributed by atoms with van der Waals surface area (Å²) in [5.41, 5.74) is 0. The van der Waals surface area contributed by atoms with Gasteiger partial charge in [-0.15, -0.1) is 0 Å². The van der Waals surface area contributed by atoms with Gasteiger partial charge >= 0.3 is 5.97 Å². The minimum absolute atomic E-state index is 0.0734. The lowest BCUT2D eigenvalue weighted by Gasteiger charge is -2.33. The molecular formula is C13H20N2O4. The molecule has 0 bridgehead atoms. The van der Waals surface area contributed by atoms with Gasteiger partial charge in [-0.05, 0) is 32.9 Å². The summed E-state index contributed by atoms with van der Waals surface area (Å²) < 4.78 is 4.74. The van der Waals surface area contributed by atoms with E-state index in [2.05, 4.69) is 0 Å². The van der Waals surface area contributed by atoms with Gasteiger partial charge in [0.25, 0.3) is 0 Å². The molecule has 0 unspecified atom stereocenters. The molecule has 2 amide bonds. The van der Waals surface area contributed by atoms with E-state index in [9.17, 15) is 14.4 Å². The van der Waals surface area contributed by atoms with Crippen molar-refractivity contribution in [2.45, 2.75) is 32.2 Å². The number of hydrogen-bond donors (Lipinski definition) is 0. The molecule has 0 aliphatic carbocycles. The SMILES string of the molecule is CCN1C(=O)C[C@H](N2CCC(C(=O)OC)CC2)C1=O. The smallest absolute Gasteiger partial charge is 0.308 e. The van der Waals surface area contributed by atoms with Gasteiger partial charge in [0.2, 0.25) is 11.8 Å². The molecular weight excluding hydrogens is 248 g/mol. The molecule has 0 saturated carbocycles. The molecule has 0 aromatic carbocycles. The van der Waals surface area contributed by atoms with Gasteiger partial charge < -0.3 is 4.74 Å². The third-order valence-corrected chi connectivity index (χ3v) is 4.04. The largest absolute Gasteiger partial charge is 0.469 e.